The minimum absolute atomic E-state index is 0.253. The number of hydrogen-bond donors (Lipinski definition) is 1. The van der Waals surface area contributed by atoms with Crippen molar-refractivity contribution >= 4 is 5.97 Å². The molecule has 1 aromatic heterocycles. The summed E-state index contributed by atoms with van der Waals surface area (Å²) in [5, 5.41) is 13.6. The minimum Gasteiger partial charge on any atom is -0.480 e. The Morgan fingerprint density at radius 1 is 1.09 bits per heavy atom. The van der Waals surface area contributed by atoms with Gasteiger partial charge in [-0.05, 0) is 56.6 Å². The lowest BCUT2D eigenvalue weighted by atomic mass is 9.82. The number of benzene rings is 2. The van der Waals surface area contributed by atoms with Gasteiger partial charge >= 0.3 is 5.97 Å². The van der Waals surface area contributed by atoms with Crippen LogP contribution < -0.4 is 0 Å². The van der Waals surface area contributed by atoms with E-state index in [1.807, 2.05) is 41.9 Å². The van der Waals surface area contributed by atoms with Crippen LogP contribution in [-0.4, -0.2) is 34.1 Å². The summed E-state index contributed by atoms with van der Waals surface area (Å²) in [7, 11) is 0. The molecule has 1 aliphatic carbocycles. The molecule has 174 valence electrons. The maximum absolute atomic E-state index is 14.7. The molecule has 0 saturated heterocycles. The third-order valence-electron chi connectivity index (χ3n) is 6.43. The minimum atomic E-state index is -0.944. The Morgan fingerprint density at radius 2 is 1.79 bits per heavy atom. The third-order valence-corrected chi connectivity index (χ3v) is 6.43. The van der Waals surface area contributed by atoms with Gasteiger partial charge in [-0.3, -0.25) is 4.68 Å². The predicted octanol–water partition coefficient (Wildman–Crippen LogP) is 5.71. The molecule has 0 radical (unpaired) electrons. The molecule has 1 aliphatic rings. The normalized spacial score (nSPS) is 18.4. The van der Waals surface area contributed by atoms with Crippen LogP contribution in [0.3, 0.4) is 0 Å². The second kappa shape index (κ2) is 10.3. The van der Waals surface area contributed by atoms with Crippen LogP contribution in [0.2, 0.25) is 0 Å². The second-order valence-electron chi connectivity index (χ2n) is 8.78. The van der Waals surface area contributed by atoms with Crippen LogP contribution in [-0.2, 0) is 16.1 Å². The number of hydrogen-bond acceptors (Lipinski definition) is 3. The van der Waals surface area contributed by atoms with E-state index >= 15 is 0 Å². The van der Waals surface area contributed by atoms with Crippen LogP contribution in [0.4, 0.5) is 8.78 Å². The Bertz CT molecular complexity index is 1110. The van der Waals surface area contributed by atoms with Crippen molar-refractivity contribution in [3.8, 4) is 22.4 Å². The first-order valence-electron chi connectivity index (χ1n) is 11.3. The number of nitrogens with zero attached hydrogens (tertiary/aromatic N) is 2. The van der Waals surface area contributed by atoms with Crippen LogP contribution in [0, 0.1) is 30.4 Å². The lowest BCUT2D eigenvalue weighted by Gasteiger charge is -2.28. The van der Waals surface area contributed by atoms with Gasteiger partial charge in [0, 0.05) is 35.0 Å². The van der Waals surface area contributed by atoms with Crippen LogP contribution in [0.1, 0.15) is 31.4 Å². The van der Waals surface area contributed by atoms with E-state index in [9.17, 15) is 13.6 Å². The molecule has 1 N–H and O–H groups in total. The number of halogens is 2. The van der Waals surface area contributed by atoms with E-state index < -0.39 is 17.6 Å². The first-order chi connectivity index (χ1) is 15.9. The van der Waals surface area contributed by atoms with Crippen LogP contribution in [0.25, 0.3) is 22.4 Å². The lowest BCUT2D eigenvalue weighted by molar-refractivity contribution is -0.142. The van der Waals surface area contributed by atoms with E-state index in [0.29, 0.717) is 35.3 Å². The number of carboxylic acids is 1. The van der Waals surface area contributed by atoms with Gasteiger partial charge in [-0.25, -0.2) is 13.6 Å². The van der Waals surface area contributed by atoms with E-state index in [1.165, 1.54) is 12.1 Å². The smallest absolute Gasteiger partial charge is 0.329 e. The molecule has 1 heterocycles. The summed E-state index contributed by atoms with van der Waals surface area (Å²) < 4.78 is 35.5. The van der Waals surface area contributed by atoms with Crippen molar-refractivity contribution in [2.45, 2.75) is 39.2 Å². The molecule has 3 aromatic rings. The number of ether oxygens (including phenoxy) is 1. The SMILES string of the molecule is Cc1c(-c2ccc(F)cc2F)c(-c2ccccc2)nn1CC1CCC(COCC(=O)O)CC1. The van der Waals surface area contributed by atoms with Gasteiger partial charge in [-0.2, -0.15) is 5.10 Å². The van der Waals surface area contributed by atoms with Gasteiger partial charge in [-0.15, -0.1) is 0 Å². The van der Waals surface area contributed by atoms with Crippen molar-refractivity contribution in [3.63, 3.8) is 0 Å². The van der Waals surface area contributed by atoms with Gasteiger partial charge in [0.2, 0.25) is 0 Å². The summed E-state index contributed by atoms with van der Waals surface area (Å²) >= 11 is 0. The molecule has 0 unspecified atom stereocenters. The molecule has 2 aromatic carbocycles. The van der Waals surface area contributed by atoms with Crippen LogP contribution >= 0.6 is 0 Å². The largest absolute Gasteiger partial charge is 0.480 e. The number of carboxylic acid groups (broad SMARTS) is 1. The maximum atomic E-state index is 14.7. The zero-order valence-electron chi connectivity index (χ0n) is 18.6. The van der Waals surface area contributed by atoms with Crippen molar-refractivity contribution in [3.05, 3.63) is 65.9 Å². The summed E-state index contributed by atoms with van der Waals surface area (Å²) in [6.07, 6.45) is 3.97. The molecule has 33 heavy (non-hydrogen) atoms. The average molecular weight is 455 g/mol. The molecule has 0 spiro atoms. The molecule has 4 rings (SSSR count). The molecule has 5 nitrogen and oxygen atoms in total. The molecular weight excluding hydrogens is 426 g/mol. The molecule has 0 atom stereocenters. The van der Waals surface area contributed by atoms with E-state index in [4.69, 9.17) is 14.9 Å². The molecule has 1 saturated carbocycles. The maximum Gasteiger partial charge on any atom is 0.329 e. The average Bonchev–Trinajstić information content (AvgIpc) is 3.11. The van der Waals surface area contributed by atoms with Crippen molar-refractivity contribution in [1.29, 1.82) is 0 Å². The number of aliphatic carboxylic acids is 1. The van der Waals surface area contributed by atoms with Crippen molar-refractivity contribution in [2.24, 2.45) is 11.8 Å². The monoisotopic (exact) mass is 454 g/mol. The Balaban J connectivity index is 1.55. The summed E-state index contributed by atoms with van der Waals surface area (Å²) in [6, 6.07) is 13.3. The van der Waals surface area contributed by atoms with Gasteiger partial charge in [-0.1, -0.05) is 30.3 Å². The quantitative estimate of drug-likeness (QED) is 0.473. The van der Waals surface area contributed by atoms with Crippen molar-refractivity contribution in [1.82, 2.24) is 9.78 Å². The Hall–Kier alpha value is -3.06. The van der Waals surface area contributed by atoms with Gasteiger partial charge in [0.05, 0.1) is 6.61 Å². The Labute approximate surface area is 192 Å². The van der Waals surface area contributed by atoms with Crippen molar-refractivity contribution < 1.29 is 23.4 Å². The topological polar surface area (TPSA) is 64.4 Å². The molecule has 0 amide bonds. The van der Waals surface area contributed by atoms with Crippen molar-refractivity contribution in [2.75, 3.05) is 13.2 Å². The number of rotatable bonds is 8. The predicted molar refractivity (Wildman–Crippen MR) is 122 cm³/mol. The fraction of sp³-hybridized carbons (Fsp3) is 0.385. The van der Waals surface area contributed by atoms with Gasteiger partial charge < -0.3 is 9.84 Å². The standard InChI is InChI=1S/C26H28F2N2O3/c1-17-25(22-12-11-21(27)13-23(22)28)26(20-5-3-2-4-6-20)29-30(17)14-18-7-9-19(10-8-18)15-33-16-24(31)32/h2-6,11-13,18-19H,7-10,14-16H2,1H3,(H,31,32). The summed E-state index contributed by atoms with van der Waals surface area (Å²) in [6.45, 7) is 2.88. The van der Waals surface area contributed by atoms with Crippen LogP contribution in [0.5, 0.6) is 0 Å². The molecule has 7 heteroatoms. The van der Waals surface area contributed by atoms with Gasteiger partial charge in [0.25, 0.3) is 0 Å². The lowest BCUT2D eigenvalue weighted by Crippen LogP contribution is -2.23. The highest BCUT2D eigenvalue weighted by Crippen LogP contribution is 2.37. The third kappa shape index (κ3) is 5.47. The van der Waals surface area contributed by atoms with E-state index in [0.717, 1.165) is 49.6 Å². The summed E-state index contributed by atoms with van der Waals surface area (Å²) in [5.41, 5.74) is 3.46. The number of aromatic nitrogens is 2. The molecule has 0 aliphatic heterocycles. The van der Waals surface area contributed by atoms with Gasteiger partial charge in [0.15, 0.2) is 0 Å². The first kappa shape index (κ1) is 23.1. The molecular formula is C26H28F2N2O3. The number of carbonyl (C=O) groups is 1. The van der Waals surface area contributed by atoms with E-state index in [-0.39, 0.29) is 6.61 Å². The zero-order valence-corrected chi connectivity index (χ0v) is 18.6. The van der Waals surface area contributed by atoms with E-state index in [1.54, 1.807) is 0 Å². The second-order valence-corrected chi connectivity index (χ2v) is 8.78. The fourth-order valence-corrected chi connectivity index (χ4v) is 4.67. The summed E-state index contributed by atoms with van der Waals surface area (Å²) in [4.78, 5) is 10.6. The Morgan fingerprint density at radius 3 is 2.45 bits per heavy atom. The molecule has 0 bridgehead atoms. The highest BCUT2D eigenvalue weighted by atomic mass is 19.1. The molecule has 1 fully saturated rings. The summed E-state index contributed by atoms with van der Waals surface area (Å²) in [5.74, 6) is -1.35. The Kier molecular flexibility index (Phi) is 7.18. The fourth-order valence-electron chi connectivity index (χ4n) is 4.67. The van der Waals surface area contributed by atoms with Crippen LogP contribution in [0.15, 0.2) is 48.5 Å². The highest BCUT2D eigenvalue weighted by molar-refractivity contribution is 5.83. The zero-order chi connectivity index (χ0) is 23.4. The van der Waals surface area contributed by atoms with Gasteiger partial charge in [0.1, 0.15) is 23.9 Å². The van der Waals surface area contributed by atoms with E-state index in [2.05, 4.69) is 0 Å². The highest BCUT2D eigenvalue weighted by Gasteiger charge is 2.25. The first-order valence-corrected chi connectivity index (χ1v) is 11.3.